The van der Waals surface area contributed by atoms with E-state index in [1.807, 2.05) is 38.4 Å². The normalized spacial score (nSPS) is 13.4. The predicted octanol–water partition coefficient (Wildman–Crippen LogP) is 3.22. The average Bonchev–Trinajstić information content (AvgIpc) is 2.77. The number of fused-ring (bicyclic) bond motifs is 1. The topological polar surface area (TPSA) is 87.7 Å². The summed E-state index contributed by atoms with van der Waals surface area (Å²) in [6.45, 7) is 0.913. The Morgan fingerprint density at radius 3 is 2.53 bits per heavy atom. The Labute approximate surface area is 188 Å². The molecule has 3 aromatic rings. The summed E-state index contributed by atoms with van der Waals surface area (Å²) in [5.41, 5.74) is 4.42. The quantitative estimate of drug-likeness (QED) is 0.576. The minimum Gasteiger partial charge on any atom is -0.482 e. The third kappa shape index (κ3) is 4.99. The lowest BCUT2D eigenvalue weighted by Gasteiger charge is -2.18. The molecule has 4 rings (SSSR count). The maximum absolute atomic E-state index is 12.9. The van der Waals surface area contributed by atoms with Crippen LogP contribution in [0.1, 0.15) is 11.1 Å². The van der Waals surface area contributed by atoms with Crippen LogP contribution in [0.5, 0.6) is 5.75 Å². The summed E-state index contributed by atoms with van der Waals surface area (Å²) in [6.07, 6.45) is 0. The zero-order valence-corrected chi connectivity index (χ0v) is 18.8. The van der Waals surface area contributed by atoms with Crippen molar-refractivity contribution >= 4 is 21.6 Å². The number of sulfonamides is 1. The SMILES string of the molecule is CN(C)Cc1ccc(-c2ccccc2CNS(=O)(=O)c2ccc3c(c2)NC(=O)CO3)cc1. The molecule has 32 heavy (non-hydrogen) atoms. The molecule has 0 aromatic heterocycles. The maximum Gasteiger partial charge on any atom is 0.262 e. The lowest BCUT2D eigenvalue weighted by molar-refractivity contribution is -0.118. The highest BCUT2D eigenvalue weighted by atomic mass is 32.2. The fourth-order valence-electron chi connectivity index (χ4n) is 3.60. The van der Waals surface area contributed by atoms with Gasteiger partial charge in [0, 0.05) is 13.1 Å². The van der Waals surface area contributed by atoms with Gasteiger partial charge in [0.15, 0.2) is 6.61 Å². The average molecular weight is 452 g/mol. The number of carbonyl (C=O) groups is 1. The Morgan fingerprint density at radius 1 is 1.03 bits per heavy atom. The molecule has 0 bridgehead atoms. The summed E-state index contributed by atoms with van der Waals surface area (Å²) in [4.78, 5) is 13.7. The minimum atomic E-state index is -3.79. The molecule has 3 aromatic carbocycles. The van der Waals surface area contributed by atoms with Crippen molar-refractivity contribution in [2.75, 3.05) is 26.0 Å². The van der Waals surface area contributed by atoms with Gasteiger partial charge in [-0.3, -0.25) is 4.79 Å². The summed E-state index contributed by atoms with van der Waals surface area (Å²) in [7, 11) is 0.262. The van der Waals surface area contributed by atoms with Crippen LogP contribution in [-0.4, -0.2) is 39.9 Å². The first-order valence-electron chi connectivity index (χ1n) is 10.2. The highest BCUT2D eigenvalue weighted by Crippen LogP contribution is 2.30. The lowest BCUT2D eigenvalue weighted by atomic mass is 9.99. The molecule has 7 nitrogen and oxygen atoms in total. The van der Waals surface area contributed by atoms with E-state index in [0.717, 1.165) is 23.2 Å². The molecule has 1 heterocycles. The molecule has 1 amide bonds. The van der Waals surface area contributed by atoms with Crippen molar-refractivity contribution in [2.24, 2.45) is 0 Å². The summed E-state index contributed by atoms with van der Waals surface area (Å²) in [5, 5.41) is 2.63. The van der Waals surface area contributed by atoms with Crippen LogP contribution >= 0.6 is 0 Å². The molecule has 0 saturated heterocycles. The summed E-state index contributed by atoms with van der Waals surface area (Å²) < 4.78 is 33.8. The molecule has 0 aliphatic carbocycles. The van der Waals surface area contributed by atoms with Gasteiger partial charge in [-0.1, -0.05) is 48.5 Å². The minimum absolute atomic E-state index is 0.0626. The van der Waals surface area contributed by atoms with E-state index in [9.17, 15) is 13.2 Å². The first-order chi connectivity index (χ1) is 15.3. The van der Waals surface area contributed by atoms with Crippen LogP contribution in [0, 0.1) is 0 Å². The number of hydrogen-bond acceptors (Lipinski definition) is 5. The molecule has 1 aliphatic rings. The van der Waals surface area contributed by atoms with Crippen LogP contribution in [0.25, 0.3) is 11.1 Å². The zero-order chi connectivity index (χ0) is 22.7. The van der Waals surface area contributed by atoms with E-state index >= 15 is 0 Å². The molecular formula is C24H25N3O4S. The van der Waals surface area contributed by atoms with E-state index in [2.05, 4.69) is 39.2 Å². The van der Waals surface area contributed by atoms with Gasteiger partial charge in [-0.2, -0.15) is 0 Å². The van der Waals surface area contributed by atoms with Gasteiger partial charge in [-0.25, -0.2) is 13.1 Å². The molecule has 0 spiro atoms. The predicted molar refractivity (Wildman–Crippen MR) is 124 cm³/mol. The Hall–Kier alpha value is -3.20. The second-order valence-electron chi connectivity index (χ2n) is 7.91. The third-order valence-electron chi connectivity index (χ3n) is 5.13. The van der Waals surface area contributed by atoms with Gasteiger partial charge >= 0.3 is 0 Å². The van der Waals surface area contributed by atoms with Crippen molar-refractivity contribution in [3.63, 3.8) is 0 Å². The number of benzene rings is 3. The number of amides is 1. The summed E-state index contributed by atoms with van der Waals surface area (Å²) in [5.74, 6) is 0.136. The Bertz CT molecular complexity index is 1240. The number of anilines is 1. The number of hydrogen-bond donors (Lipinski definition) is 2. The van der Waals surface area contributed by atoms with Crippen molar-refractivity contribution < 1.29 is 17.9 Å². The van der Waals surface area contributed by atoms with E-state index < -0.39 is 10.0 Å². The second kappa shape index (κ2) is 9.12. The third-order valence-corrected chi connectivity index (χ3v) is 6.53. The fourth-order valence-corrected chi connectivity index (χ4v) is 4.63. The monoisotopic (exact) mass is 451 g/mol. The van der Waals surface area contributed by atoms with Gasteiger partial charge in [0.2, 0.25) is 10.0 Å². The molecule has 8 heteroatoms. The molecule has 1 aliphatic heterocycles. The summed E-state index contributed by atoms with van der Waals surface area (Å²) in [6, 6.07) is 20.4. The Morgan fingerprint density at radius 2 is 1.78 bits per heavy atom. The van der Waals surface area contributed by atoms with Crippen LogP contribution in [-0.2, 0) is 27.9 Å². The van der Waals surface area contributed by atoms with Crippen LogP contribution < -0.4 is 14.8 Å². The second-order valence-corrected chi connectivity index (χ2v) is 9.68. The molecule has 0 radical (unpaired) electrons. The van der Waals surface area contributed by atoms with Crippen molar-refractivity contribution in [1.29, 1.82) is 0 Å². The number of rotatable bonds is 7. The lowest BCUT2D eigenvalue weighted by Crippen LogP contribution is -2.27. The summed E-state index contributed by atoms with van der Waals surface area (Å²) >= 11 is 0. The van der Waals surface area contributed by atoms with E-state index in [4.69, 9.17) is 4.74 Å². The maximum atomic E-state index is 12.9. The Balaban J connectivity index is 1.53. The van der Waals surface area contributed by atoms with Gasteiger partial charge in [0.25, 0.3) is 5.91 Å². The van der Waals surface area contributed by atoms with Gasteiger partial charge < -0.3 is 15.0 Å². The molecule has 166 valence electrons. The van der Waals surface area contributed by atoms with Crippen molar-refractivity contribution in [1.82, 2.24) is 9.62 Å². The van der Waals surface area contributed by atoms with Crippen LogP contribution in [0.3, 0.4) is 0 Å². The van der Waals surface area contributed by atoms with Crippen LogP contribution in [0.15, 0.2) is 71.6 Å². The molecular weight excluding hydrogens is 426 g/mol. The van der Waals surface area contributed by atoms with Gasteiger partial charge in [-0.05, 0) is 54.5 Å². The van der Waals surface area contributed by atoms with E-state index in [1.165, 1.54) is 17.7 Å². The highest BCUT2D eigenvalue weighted by Gasteiger charge is 2.21. The number of carbonyl (C=O) groups excluding carboxylic acids is 1. The molecule has 2 N–H and O–H groups in total. The largest absolute Gasteiger partial charge is 0.482 e. The molecule has 0 saturated carbocycles. The van der Waals surface area contributed by atoms with Crippen molar-refractivity contribution in [2.45, 2.75) is 18.0 Å². The highest BCUT2D eigenvalue weighted by molar-refractivity contribution is 7.89. The first kappa shape index (κ1) is 22.0. The Kier molecular flexibility index (Phi) is 6.27. The van der Waals surface area contributed by atoms with Crippen molar-refractivity contribution in [3.8, 4) is 16.9 Å². The number of ether oxygens (including phenoxy) is 1. The van der Waals surface area contributed by atoms with E-state index in [0.29, 0.717) is 11.4 Å². The zero-order valence-electron chi connectivity index (χ0n) is 18.0. The van der Waals surface area contributed by atoms with E-state index in [1.54, 1.807) is 6.07 Å². The van der Waals surface area contributed by atoms with Gasteiger partial charge in [0.1, 0.15) is 5.75 Å². The number of nitrogens with zero attached hydrogens (tertiary/aromatic N) is 1. The molecule has 0 fully saturated rings. The van der Waals surface area contributed by atoms with E-state index in [-0.39, 0.29) is 24.0 Å². The first-order valence-corrected chi connectivity index (χ1v) is 11.7. The van der Waals surface area contributed by atoms with Gasteiger partial charge in [0.05, 0.1) is 10.6 Å². The smallest absolute Gasteiger partial charge is 0.262 e. The fraction of sp³-hybridized carbons (Fsp3) is 0.208. The molecule has 0 unspecified atom stereocenters. The molecule has 0 atom stereocenters. The van der Waals surface area contributed by atoms with Crippen LogP contribution in [0.2, 0.25) is 0 Å². The number of nitrogens with one attached hydrogen (secondary N) is 2. The van der Waals surface area contributed by atoms with Crippen LogP contribution in [0.4, 0.5) is 5.69 Å². The van der Waals surface area contributed by atoms with Crippen molar-refractivity contribution in [3.05, 3.63) is 77.9 Å². The van der Waals surface area contributed by atoms with Gasteiger partial charge in [-0.15, -0.1) is 0 Å². The standard InChI is InChI=1S/C24H25N3O4S/c1-27(2)15-17-7-9-18(10-8-17)21-6-4-3-5-19(21)14-25-32(29,30)20-11-12-23-22(13-20)26-24(28)16-31-23/h3-13,25H,14-16H2,1-2H3,(H,26,28).